The fourth-order valence-corrected chi connectivity index (χ4v) is 5.02. The third-order valence-electron chi connectivity index (χ3n) is 8.15. The molecule has 1 N–H and O–H groups in total. The van der Waals surface area contributed by atoms with Crippen LogP contribution in [0, 0.1) is 24.0 Å². The second kappa shape index (κ2) is 12.7. The van der Waals surface area contributed by atoms with Gasteiger partial charge in [-0.25, -0.2) is 13.6 Å². The highest BCUT2D eigenvalue weighted by Gasteiger charge is 2.36. The van der Waals surface area contributed by atoms with E-state index in [-0.39, 0.29) is 23.6 Å². The van der Waals surface area contributed by atoms with Gasteiger partial charge in [-0.2, -0.15) is 0 Å². The van der Waals surface area contributed by atoms with E-state index in [4.69, 9.17) is 9.47 Å². The number of aliphatic carboxylic acids is 1. The molecule has 3 aromatic rings. The van der Waals surface area contributed by atoms with Crippen molar-refractivity contribution in [1.82, 2.24) is 9.97 Å². The molecule has 1 aromatic carbocycles. The molecule has 0 amide bonds. The van der Waals surface area contributed by atoms with Gasteiger partial charge in [0.05, 0.1) is 29.8 Å². The van der Waals surface area contributed by atoms with Crippen LogP contribution >= 0.6 is 0 Å². The predicted molar refractivity (Wildman–Crippen MR) is 159 cm³/mol. The highest BCUT2D eigenvalue weighted by Crippen LogP contribution is 2.43. The van der Waals surface area contributed by atoms with Gasteiger partial charge in [0.2, 0.25) is 0 Å². The standard InChI is InChI=1S/C33H41F2N3O4/c1-7-33(5,6)42-30(31(39)40)28-21(2)36-19-24(29(28)38-15-13-32(3,4)14-16-38)26-18-25(35)27(20-37-26)41-17-12-22-8-10-23(34)11-9-22/h8-11,18-20,30H,7,12-17H2,1-6H3,(H,39,40). The molecule has 1 fully saturated rings. The van der Waals surface area contributed by atoms with Crippen molar-refractivity contribution in [2.45, 2.75) is 78.9 Å². The second-order valence-corrected chi connectivity index (χ2v) is 12.3. The van der Waals surface area contributed by atoms with Crippen LogP contribution in [0.3, 0.4) is 0 Å². The monoisotopic (exact) mass is 581 g/mol. The highest BCUT2D eigenvalue weighted by molar-refractivity contribution is 5.85. The molecule has 1 aliphatic rings. The lowest BCUT2D eigenvalue weighted by Crippen LogP contribution is -2.39. The number of carboxylic acid groups (broad SMARTS) is 1. The van der Waals surface area contributed by atoms with E-state index in [1.54, 1.807) is 25.3 Å². The summed E-state index contributed by atoms with van der Waals surface area (Å²) in [6.45, 7) is 13.5. The molecular formula is C33H41F2N3O4. The molecule has 0 saturated carbocycles. The van der Waals surface area contributed by atoms with Crippen molar-refractivity contribution < 1.29 is 28.2 Å². The Balaban J connectivity index is 1.72. The molecule has 226 valence electrons. The average molecular weight is 582 g/mol. The number of carboxylic acids is 1. The van der Waals surface area contributed by atoms with Gasteiger partial charge in [0.15, 0.2) is 17.7 Å². The number of aromatic nitrogens is 2. The SMILES string of the molecule is CCC(C)(C)OC(C(=O)O)c1c(C)ncc(-c2cc(F)c(OCCc3ccc(F)cc3)cn2)c1N1CCC(C)(C)CC1. The van der Waals surface area contributed by atoms with Crippen LogP contribution in [0.2, 0.25) is 0 Å². The van der Waals surface area contributed by atoms with E-state index in [0.717, 1.165) is 18.4 Å². The summed E-state index contributed by atoms with van der Waals surface area (Å²) in [6, 6.07) is 7.38. The number of nitrogens with zero attached hydrogens (tertiary/aromatic N) is 3. The van der Waals surface area contributed by atoms with Crippen molar-refractivity contribution in [2.24, 2.45) is 5.41 Å². The molecule has 1 aliphatic heterocycles. The summed E-state index contributed by atoms with van der Waals surface area (Å²) in [5.74, 6) is -2.02. The van der Waals surface area contributed by atoms with Gasteiger partial charge in [-0.15, -0.1) is 0 Å². The molecule has 0 bridgehead atoms. The zero-order valence-electron chi connectivity index (χ0n) is 25.3. The Morgan fingerprint density at radius 2 is 1.79 bits per heavy atom. The van der Waals surface area contributed by atoms with E-state index in [1.165, 1.54) is 24.4 Å². The van der Waals surface area contributed by atoms with Crippen LogP contribution in [0.25, 0.3) is 11.3 Å². The van der Waals surface area contributed by atoms with Gasteiger partial charge in [0.1, 0.15) is 5.82 Å². The van der Waals surface area contributed by atoms with Gasteiger partial charge >= 0.3 is 5.97 Å². The molecular weight excluding hydrogens is 540 g/mol. The summed E-state index contributed by atoms with van der Waals surface area (Å²) < 4.78 is 40.4. The van der Waals surface area contributed by atoms with E-state index in [0.29, 0.717) is 54.1 Å². The highest BCUT2D eigenvalue weighted by atomic mass is 19.1. The van der Waals surface area contributed by atoms with E-state index in [1.807, 2.05) is 20.8 Å². The number of hydrogen-bond acceptors (Lipinski definition) is 6. The summed E-state index contributed by atoms with van der Waals surface area (Å²) in [6.07, 6.45) is 4.62. The number of rotatable bonds is 11. The van der Waals surface area contributed by atoms with E-state index < -0.39 is 23.5 Å². The molecule has 9 heteroatoms. The van der Waals surface area contributed by atoms with E-state index >= 15 is 4.39 Å². The van der Waals surface area contributed by atoms with Crippen molar-refractivity contribution in [3.63, 3.8) is 0 Å². The summed E-state index contributed by atoms with van der Waals surface area (Å²) in [5.41, 5.74) is 2.86. The molecule has 42 heavy (non-hydrogen) atoms. The summed E-state index contributed by atoms with van der Waals surface area (Å²) in [4.78, 5) is 23.9. The average Bonchev–Trinajstić information content (AvgIpc) is 2.94. The number of benzene rings is 1. The number of hydrogen-bond donors (Lipinski definition) is 1. The van der Waals surface area contributed by atoms with Crippen LogP contribution in [-0.2, 0) is 16.0 Å². The van der Waals surface area contributed by atoms with E-state index in [2.05, 4.69) is 28.7 Å². The number of ether oxygens (including phenoxy) is 2. The third-order valence-corrected chi connectivity index (χ3v) is 8.15. The maximum Gasteiger partial charge on any atom is 0.337 e. The lowest BCUT2D eigenvalue weighted by molar-refractivity contribution is -0.162. The van der Waals surface area contributed by atoms with Crippen molar-refractivity contribution in [1.29, 1.82) is 0 Å². The third kappa shape index (κ3) is 7.43. The first-order chi connectivity index (χ1) is 19.8. The molecule has 7 nitrogen and oxygen atoms in total. The number of pyridine rings is 2. The normalized spacial score (nSPS) is 15.9. The molecule has 0 radical (unpaired) electrons. The predicted octanol–water partition coefficient (Wildman–Crippen LogP) is 7.31. The van der Waals surface area contributed by atoms with Crippen LogP contribution in [0.15, 0.2) is 42.7 Å². The van der Waals surface area contributed by atoms with Gasteiger partial charge in [-0.1, -0.05) is 32.9 Å². The second-order valence-electron chi connectivity index (χ2n) is 12.3. The number of piperidine rings is 1. The first-order valence-corrected chi connectivity index (χ1v) is 14.5. The Bertz CT molecular complexity index is 1400. The molecule has 1 atom stereocenters. The minimum absolute atomic E-state index is 0.00105. The minimum atomic E-state index is -1.27. The molecule has 1 saturated heterocycles. The van der Waals surface area contributed by atoms with Gasteiger partial charge in [-0.3, -0.25) is 9.97 Å². The number of carbonyl (C=O) groups is 1. The molecule has 4 rings (SSSR count). The van der Waals surface area contributed by atoms with Gasteiger partial charge < -0.3 is 19.5 Å². The van der Waals surface area contributed by atoms with Crippen molar-refractivity contribution in [3.8, 4) is 17.0 Å². The number of aryl methyl sites for hydroxylation is 1. The zero-order valence-corrected chi connectivity index (χ0v) is 25.3. The Morgan fingerprint density at radius 1 is 1.12 bits per heavy atom. The quantitative estimate of drug-likeness (QED) is 0.254. The summed E-state index contributed by atoms with van der Waals surface area (Å²) in [7, 11) is 0. The van der Waals surface area contributed by atoms with Gasteiger partial charge in [0, 0.05) is 48.6 Å². The van der Waals surface area contributed by atoms with Gasteiger partial charge in [-0.05, 0) is 63.1 Å². The first-order valence-electron chi connectivity index (χ1n) is 14.5. The lowest BCUT2D eigenvalue weighted by atomic mass is 9.82. The summed E-state index contributed by atoms with van der Waals surface area (Å²) in [5, 5.41) is 10.4. The molecule has 0 spiro atoms. The van der Waals surface area contributed by atoms with Crippen LogP contribution in [0.5, 0.6) is 5.75 Å². The van der Waals surface area contributed by atoms with Crippen LogP contribution in [0.1, 0.15) is 76.8 Å². The van der Waals surface area contributed by atoms with Gasteiger partial charge in [0.25, 0.3) is 0 Å². The maximum atomic E-state index is 15.4. The van der Waals surface area contributed by atoms with Crippen molar-refractivity contribution >= 4 is 11.7 Å². The zero-order chi connectivity index (χ0) is 30.7. The smallest absolute Gasteiger partial charge is 0.337 e. The molecule has 0 aliphatic carbocycles. The Hall–Kier alpha value is -3.59. The van der Waals surface area contributed by atoms with Crippen LogP contribution in [-0.4, -0.2) is 46.3 Å². The summed E-state index contributed by atoms with van der Waals surface area (Å²) >= 11 is 0. The van der Waals surface area contributed by atoms with Crippen molar-refractivity contribution in [2.75, 3.05) is 24.6 Å². The fourth-order valence-electron chi connectivity index (χ4n) is 5.02. The lowest BCUT2D eigenvalue weighted by Gasteiger charge is -2.41. The first kappa shape index (κ1) is 31.3. The van der Waals surface area contributed by atoms with Crippen LogP contribution in [0.4, 0.5) is 14.5 Å². The molecule has 1 unspecified atom stereocenters. The Kier molecular flexibility index (Phi) is 9.50. The molecule has 3 heterocycles. The number of anilines is 1. The van der Waals surface area contributed by atoms with E-state index in [9.17, 15) is 14.3 Å². The molecule has 2 aromatic heterocycles. The Labute approximate surface area is 246 Å². The number of halogens is 2. The van der Waals surface area contributed by atoms with Crippen LogP contribution < -0.4 is 9.64 Å². The minimum Gasteiger partial charge on any atom is -0.489 e. The van der Waals surface area contributed by atoms with Crippen molar-refractivity contribution in [3.05, 3.63) is 71.2 Å². The largest absolute Gasteiger partial charge is 0.489 e. The topological polar surface area (TPSA) is 84.8 Å². The fraction of sp³-hybridized carbons (Fsp3) is 0.485. The maximum absolute atomic E-state index is 15.4. The Morgan fingerprint density at radius 3 is 2.38 bits per heavy atom.